The van der Waals surface area contributed by atoms with E-state index in [2.05, 4.69) is 4.98 Å². The number of hydrogen-bond donors (Lipinski definition) is 1. The van der Waals surface area contributed by atoms with Crippen molar-refractivity contribution in [3.8, 4) is 0 Å². The highest BCUT2D eigenvalue weighted by Gasteiger charge is 2.19. The summed E-state index contributed by atoms with van der Waals surface area (Å²) < 4.78 is 6.90. The maximum Gasteiger partial charge on any atom is 0.142 e. The Bertz CT molecular complexity index is 445. The van der Waals surface area contributed by atoms with Gasteiger partial charge in [0.2, 0.25) is 0 Å². The van der Waals surface area contributed by atoms with Crippen LogP contribution >= 0.6 is 0 Å². The molecule has 0 aliphatic heterocycles. The van der Waals surface area contributed by atoms with Gasteiger partial charge in [0.1, 0.15) is 11.9 Å². The second-order valence-corrected chi connectivity index (χ2v) is 3.50. The van der Waals surface area contributed by atoms with Gasteiger partial charge in [-0.25, -0.2) is 4.98 Å². The smallest absolute Gasteiger partial charge is 0.142 e. The van der Waals surface area contributed by atoms with Crippen LogP contribution in [0.4, 0.5) is 0 Å². The normalized spacial score (nSPS) is 13.0. The fraction of sp³-hybridized carbons (Fsp3) is 0.364. The van der Waals surface area contributed by atoms with Crippen molar-refractivity contribution in [3.05, 3.63) is 41.9 Å². The van der Waals surface area contributed by atoms with Crippen molar-refractivity contribution in [1.29, 1.82) is 0 Å². The van der Waals surface area contributed by atoms with Crippen molar-refractivity contribution in [2.24, 2.45) is 7.05 Å². The molecule has 0 saturated heterocycles. The molecule has 4 heteroatoms. The van der Waals surface area contributed by atoms with Crippen LogP contribution in [0.5, 0.6) is 0 Å². The molecule has 2 heterocycles. The summed E-state index contributed by atoms with van der Waals surface area (Å²) in [6.45, 7) is 2.03. The number of aliphatic hydroxyl groups is 1. The third-order valence-electron chi connectivity index (χ3n) is 2.55. The van der Waals surface area contributed by atoms with E-state index < -0.39 is 6.10 Å². The van der Waals surface area contributed by atoms with Gasteiger partial charge in [-0.05, 0) is 12.0 Å². The summed E-state index contributed by atoms with van der Waals surface area (Å²) >= 11 is 0. The Morgan fingerprint density at radius 2 is 2.33 bits per heavy atom. The maximum atomic E-state index is 10.1. The predicted octanol–water partition coefficient (Wildman–Crippen LogP) is 1.66. The minimum Gasteiger partial charge on any atom is -0.472 e. The molecule has 1 N–H and O–H groups in total. The van der Waals surface area contributed by atoms with Gasteiger partial charge in [-0.3, -0.25) is 0 Å². The highest BCUT2D eigenvalue weighted by molar-refractivity contribution is 5.27. The summed E-state index contributed by atoms with van der Waals surface area (Å²) in [5, 5.41) is 10.1. The van der Waals surface area contributed by atoms with Crippen LogP contribution in [-0.2, 0) is 13.5 Å². The number of furan rings is 1. The Labute approximate surface area is 88.2 Å². The van der Waals surface area contributed by atoms with Crippen molar-refractivity contribution in [1.82, 2.24) is 9.55 Å². The third-order valence-corrected chi connectivity index (χ3v) is 2.55. The van der Waals surface area contributed by atoms with Crippen LogP contribution in [0.3, 0.4) is 0 Å². The van der Waals surface area contributed by atoms with Crippen LogP contribution in [0.2, 0.25) is 0 Å². The van der Waals surface area contributed by atoms with Gasteiger partial charge in [-0.15, -0.1) is 0 Å². The van der Waals surface area contributed by atoms with E-state index in [1.807, 2.05) is 20.2 Å². The summed E-state index contributed by atoms with van der Waals surface area (Å²) in [7, 11) is 1.86. The first kappa shape index (κ1) is 9.98. The monoisotopic (exact) mass is 206 g/mol. The molecule has 0 aliphatic carbocycles. The first-order valence-corrected chi connectivity index (χ1v) is 4.94. The molecule has 0 aromatic carbocycles. The molecule has 15 heavy (non-hydrogen) atoms. The molecular formula is C11H14N2O2. The first-order valence-electron chi connectivity index (χ1n) is 4.94. The molecule has 1 atom stereocenters. The molecule has 0 radical (unpaired) electrons. The molecule has 0 spiro atoms. The zero-order valence-corrected chi connectivity index (χ0v) is 8.84. The average molecular weight is 206 g/mol. The lowest BCUT2D eigenvalue weighted by Crippen LogP contribution is -2.07. The Balaban J connectivity index is 2.36. The topological polar surface area (TPSA) is 51.2 Å². The highest BCUT2D eigenvalue weighted by Crippen LogP contribution is 2.24. The fourth-order valence-corrected chi connectivity index (χ4v) is 1.64. The fourth-order valence-electron chi connectivity index (χ4n) is 1.64. The minimum atomic E-state index is -0.710. The quantitative estimate of drug-likeness (QED) is 0.830. The Kier molecular flexibility index (Phi) is 2.60. The second kappa shape index (κ2) is 3.90. The highest BCUT2D eigenvalue weighted by atomic mass is 16.3. The van der Waals surface area contributed by atoms with E-state index >= 15 is 0 Å². The Hall–Kier alpha value is -1.55. The van der Waals surface area contributed by atoms with Crippen LogP contribution in [0.15, 0.2) is 29.3 Å². The number of hydrogen-bond acceptors (Lipinski definition) is 3. The van der Waals surface area contributed by atoms with E-state index in [-0.39, 0.29) is 0 Å². The zero-order chi connectivity index (χ0) is 10.8. The summed E-state index contributed by atoms with van der Waals surface area (Å²) in [6, 6.07) is 0. The molecular weight excluding hydrogens is 192 g/mol. The molecule has 1 unspecified atom stereocenters. The van der Waals surface area contributed by atoms with Crippen molar-refractivity contribution < 1.29 is 9.52 Å². The predicted molar refractivity (Wildman–Crippen MR) is 55.4 cm³/mol. The molecule has 0 aliphatic rings. The molecule has 80 valence electrons. The van der Waals surface area contributed by atoms with Crippen molar-refractivity contribution in [2.45, 2.75) is 19.4 Å². The Morgan fingerprint density at radius 1 is 1.53 bits per heavy atom. The van der Waals surface area contributed by atoms with Crippen LogP contribution in [0.1, 0.15) is 30.0 Å². The number of aromatic nitrogens is 2. The molecule has 0 amide bonds. The summed E-state index contributed by atoms with van der Waals surface area (Å²) in [4.78, 5) is 4.12. The molecule has 4 nitrogen and oxygen atoms in total. The number of imidazole rings is 1. The average Bonchev–Trinajstić information content (AvgIpc) is 2.84. The molecule has 2 rings (SSSR count). The van der Waals surface area contributed by atoms with Gasteiger partial charge in [0.05, 0.1) is 12.5 Å². The molecule has 0 saturated carbocycles. The van der Waals surface area contributed by atoms with Gasteiger partial charge in [0.25, 0.3) is 0 Å². The minimum absolute atomic E-state index is 0.631. The lowest BCUT2D eigenvalue weighted by atomic mass is 10.1. The van der Waals surface area contributed by atoms with Gasteiger partial charge in [-0.1, -0.05) is 6.92 Å². The van der Waals surface area contributed by atoms with Crippen molar-refractivity contribution in [2.75, 3.05) is 0 Å². The van der Waals surface area contributed by atoms with Crippen LogP contribution in [0.25, 0.3) is 0 Å². The number of nitrogens with zero attached hydrogens (tertiary/aromatic N) is 2. The number of rotatable bonds is 3. The SMILES string of the molecule is CCc1cocc1C(O)c1nccn1C. The molecule has 2 aromatic heterocycles. The summed E-state index contributed by atoms with van der Waals surface area (Å²) in [5.74, 6) is 0.631. The van der Waals surface area contributed by atoms with Crippen LogP contribution in [-0.4, -0.2) is 14.7 Å². The summed E-state index contributed by atoms with van der Waals surface area (Å²) in [6.07, 6.45) is 6.86. The third kappa shape index (κ3) is 1.68. The summed E-state index contributed by atoms with van der Waals surface area (Å²) in [5.41, 5.74) is 1.82. The van der Waals surface area contributed by atoms with Gasteiger partial charge >= 0.3 is 0 Å². The van der Waals surface area contributed by atoms with Crippen LogP contribution < -0.4 is 0 Å². The number of aliphatic hydroxyl groups excluding tert-OH is 1. The zero-order valence-electron chi connectivity index (χ0n) is 8.84. The molecule has 0 bridgehead atoms. The van der Waals surface area contributed by atoms with Crippen molar-refractivity contribution in [3.63, 3.8) is 0 Å². The van der Waals surface area contributed by atoms with E-state index in [1.54, 1.807) is 23.3 Å². The van der Waals surface area contributed by atoms with Gasteiger partial charge in [0.15, 0.2) is 0 Å². The van der Waals surface area contributed by atoms with Crippen LogP contribution in [0, 0.1) is 0 Å². The maximum absolute atomic E-state index is 10.1. The van der Waals surface area contributed by atoms with E-state index in [9.17, 15) is 5.11 Å². The standard InChI is InChI=1S/C11H14N2O2/c1-3-8-6-15-7-9(8)10(14)11-12-4-5-13(11)2/h4-7,10,14H,3H2,1-2H3. The van der Waals surface area contributed by atoms with E-state index in [0.717, 1.165) is 17.5 Å². The van der Waals surface area contributed by atoms with E-state index in [4.69, 9.17) is 4.42 Å². The second-order valence-electron chi connectivity index (χ2n) is 3.50. The first-order chi connectivity index (χ1) is 7.24. The molecule has 0 fully saturated rings. The lowest BCUT2D eigenvalue weighted by molar-refractivity contribution is 0.204. The van der Waals surface area contributed by atoms with E-state index in [0.29, 0.717) is 5.82 Å². The van der Waals surface area contributed by atoms with Crippen molar-refractivity contribution >= 4 is 0 Å². The number of aryl methyl sites for hydroxylation is 2. The molecule has 2 aromatic rings. The lowest BCUT2D eigenvalue weighted by Gasteiger charge is -2.09. The largest absolute Gasteiger partial charge is 0.472 e. The van der Waals surface area contributed by atoms with Gasteiger partial charge in [0, 0.05) is 25.0 Å². The van der Waals surface area contributed by atoms with Gasteiger partial charge in [-0.2, -0.15) is 0 Å². The van der Waals surface area contributed by atoms with E-state index in [1.165, 1.54) is 0 Å². The van der Waals surface area contributed by atoms with Gasteiger partial charge < -0.3 is 14.1 Å². The Morgan fingerprint density at radius 3 is 2.93 bits per heavy atom.